The van der Waals surface area contributed by atoms with Gasteiger partial charge >= 0.3 is 0 Å². The maximum absolute atomic E-state index is 4.56. The molecule has 3 heteroatoms. The molecule has 0 fully saturated rings. The van der Waals surface area contributed by atoms with Gasteiger partial charge in [-0.2, -0.15) is 0 Å². The monoisotopic (exact) mass is 675 g/mol. The van der Waals surface area contributed by atoms with Crippen LogP contribution in [-0.4, -0.2) is 9.97 Å². The van der Waals surface area contributed by atoms with Crippen molar-refractivity contribution >= 4 is 0 Å². The largest absolute Gasteiger partial charge is 0.305 e. The Morgan fingerprint density at radius 1 is 0.737 bits per heavy atom. The van der Waals surface area contributed by atoms with Crippen LogP contribution in [-0.2, 0) is 32.9 Å². The van der Waals surface area contributed by atoms with Gasteiger partial charge in [-0.15, -0.1) is 70.8 Å². The Hall–Kier alpha value is -3.39. The van der Waals surface area contributed by atoms with Gasteiger partial charge in [0.1, 0.15) is 0 Å². The second-order valence-electron chi connectivity index (χ2n) is 9.86. The average molecular weight is 675 g/mol. The third kappa shape index (κ3) is 8.58. The molecule has 0 atom stereocenters. The minimum atomic E-state index is 0. The molecule has 0 amide bonds. The fraction of sp³-hybridized carbons (Fsp3) is 0.200. The van der Waals surface area contributed by atoms with Crippen LogP contribution in [0.2, 0.25) is 0 Å². The number of rotatable bonds is 6. The Labute approximate surface area is 241 Å². The predicted molar refractivity (Wildman–Crippen MR) is 154 cm³/mol. The van der Waals surface area contributed by atoms with E-state index in [2.05, 4.69) is 104 Å². The van der Waals surface area contributed by atoms with Crippen molar-refractivity contribution in [3.05, 3.63) is 143 Å². The molecule has 1 radical (unpaired) electrons. The van der Waals surface area contributed by atoms with Crippen molar-refractivity contribution in [3.63, 3.8) is 0 Å². The van der Waals surface area contributed by atoms with Crippen LogP contribution in [0.15, 0.2) is 103 Å². The zero-order valence-corrected chi connectivity index (χ0v) is 24.9. The fourth-order valence-corrected chi connectivity index (χ4v) is 4.17. The molecule has 0 aliphatic carbocycles. The molecule has 2 heterocycles. The van der Waals surface area contributed by atoms with E-state index in [0.717, 1.165) is 35.4 Å². The molecule has 0 aliphatic heterocycles. The molecule has 0 saturated carbocycles. The number of hydrogen-bond donors (Lipinski definition) is 0. The first-order valence-electron chi connectivity index (χ1n) is 12.9. The summed E-state index contributed by atoms with van der Waals surface area (Å²) in [6, 6.07) is 37.6. The van der Waals surface area contributed by atoms with E-state index in [1.807, 2.05) is 48.8 Å². The Morgan fingerprint density at radius 2 is 1.53 bits per heavy atom. The van der Waals surface area contributed by atoms with E-state index < -0.39 is 0 Å². The number of aromatic nitrogens is 2. The quantitative estimate of drug-likeness (QED) is 0.169. The Bertz CT molecular complexity index is 1400. The van der Waals surface area contributed by atoms with Gasteiger partial charge < -0.3 is 9.97 Å². The maximum atomic E-state index is 4.56. The van der Waals surface area contributed by atoms with E-state index in [1.54, 1.807) is 0 Å². The number of nitrogens with zero attached hydrogens (tertiary/aromatic N) is 2. The molecule has 5 rings (SSSR count). The molecule has 0 saturated heterocycles. The number of pyridine rings is 2. The van der Waals surface area contributed by atoms with Crippen LogP contribution >= 0.6 is 0 Å². The molecule has 5 aromatic rings. The van der Waals surface area contributed by atoms with Crippen molar-refractivity contribution < 1.29 is 20.1 Å². The third-order valence-corrected chi connectivity index (χ3v) is 6.15. The normalized spacial score (nSPS) is 10.3. The first-order chi connectivity index (χ1) is 18.0. The van der Waals surface area contributed by atoms with Crippen LogP contribution < -0.4 is 0 Å². The van der Waals surface area contributed by atoms with Gasteiger partial charge in [0.2, 0.25) is 0 Å². The van der Waals surface area contributed by atoms with Crippen LogP contribution in [0.3, 0.4) is 0 Å². The van der Waals surface area contributed by atoms with Gasteiger partial charge in [-0.05, 0) is 54.3 Å². The smallest absolute Gasteiger partial charge is 0.0195 e. The summed E-state index contributed by atoms with van der Waals surface area (Å²) >= 11 is 0. The average Bonchev–Trinajstić information content (AvgIpc) is 2.92. The summed E-state index contributed by atoms with van der Waals surface area (Å²) < 4.78 is 0. The summed E-state index contributed by atoms with van der Waals surface area (Å²) in [4.78, 5) is 8.93. The number of benzene rings is 3. The van der Waals surface area contributed by atoms with Gasteiger partial charge in [0.25, 0.3) is 0 Å². The number of hydrogen-bond acceptors (Lipinski definition) is 2. The fourth-order valence-electron chi connectivity index (χ4n) is 4.17. The maximum Gasteiger partial charge on any atom is 0.0195 e. The zero-order valence-electron chi connectivity index (χ0n) is 22.5. The molecule has 0 unspecified atom stereocenters. The third-order valence-electron chi connectivity index (χ3n) is 6.15. The Balaban J connectivity index is 0.000000206. The van der Waals surface area contributed by atoms with Crippen LogP contribution in [0.4, 0.5) is 0 Å². The minimum Gasteiger partial charge on any atom is -0.305 e. The summed E-state index contributed by atoms with van der Waals surface area (Å²) in [6.45, 7) is 8.71. The summed E-state index contributed by atoms with van der Waals surface area (Å²) in [5, 5.41) is 0. The molecular formula is C35H34IrN2-2. The molecule has 2 aromatic heterocycles. The van der Waals surface area contributed by atoms with Gasteiger partial charge in [-0.1, -0.05) is 74.9 Å². The van der Waals surface area contributed by atoms with Gasteiger partial charge in [-0.25, -0.2) is 0 Å². The molecule has 0 bridgehead atoms. The van der Waals surface area contributed by atoms with Gasteiger partial charge in [0, 0.05) is 32.5 Å². The second-order valence-corrected chi connectivity index (χ2v) is 9.86. The van der Waals surface area contributed by atoms with E-state index in [-0.39, 0.29) is 20.1 Å². The molecule has 0 N–H and O–H groups in total. The topological polar surface area (TPSA) is 25.8 Å². The predicted octanol–water partition coefficient (Wildman–Crippen LogP) is 8.50. The van der Waals surface area contributed by atoms with Crippen molar-refractivity contribution in [2.24, 2.45) is 5.92 Å². The minimum absolute atomic E-state index is 0. The molecule has 0 aliphatic rings. The molecule has 38 heavy (non-hydrogen) atoms. The standard InChI is InChI=1S/C18H14N.C17H20N.Ir/c1-2-7-15(8-3-1)13-16-9-6-10-17(14-16)18-11-4-5-12-19-18;1-12(2)9-16-11-18-17(10-14(16)4)15-7-5-13(3)6-8-15;/h1-9,11-12,14H,13H2;5-7,10-12H,9H2,1-4H3;/q2*-1;. The van der Waals surface area contributed by atoms with Crippen molar-refractivity contribution in [2.75, 3.05) is 0 Å². The van der Waals surface area contributed by atoms with E-state index in [0.29, 0.717) is 5.92 Å². The van der Waals surface area contributed by atoms with Crippen LogP contribution in [0, 0.1) is 31.9 Å². The second kappa shape index (κ2) is 14.5. The van der Waals surface area contributed by atoms with Gasteiger partial charge in [-0.3, -0.25) is 0 Å². The van der Waals surface area contributed by atoms with Crippen LogP contribution in [0.1, 0.15) is 41.7 Å². The summed E-state index contributed by atoms with van der Waals surface area (Å²) in [7, 11) is 0. The van der Waals surface area contributed by atoms with E-state index in [1.165, 1.54) is 27.8 Å². The van der Waals surface area contributed by atoms with E-state index in [4.69, 9.17) is 0 Å². The first-order valence-corrected chi connectivity index (χ1v) is 12.9. The zero-order chi connectivity index (χ0) is 26.0. The van der Waals surface area contributed by atoms with Gasteiger partial charge in [0.05, 0.1) is 0 Å². The Morgan fingerprint density at radius 3 is 2.18 bits per heavy atom. The van der Waals surface area contributed by atoms with E-state index >= 15 is 0 Å². The summed E-state index contributed by atoms with van der Waals surface area (Å²) in [5.74, 6) is 0.669. The van der Waals surface area contributed by atoms with Gasteiger partial charge in [0.15, 0.2) is 0 Å². The van der Waals surface area contributed by atoms with Crippen LogP contribution in [0.5, 0.6) is 0 Å². The summed E-state index contributed by atoms with van der Waals surface area (Å²) in [5.41, 5.74) is 10.6. The molecule has 195 valence electrons. The SMILES string of the molecule is Cc1c[c-]c(-c2cc(C)c(CC(C)C)cn2)cc1.[Ir].[c-]1ccc(Cc2ccccc2)cc1-c1ccccn1. The van der Waals surface area contributed by atoms with Crippen LogP contribution in [0.25, 0.3) is 22.5 Å². The Kier molecular flexibility index (Phi) is 11.1. The molecule has 0 spiro atoms. The molecule has 3 aromatic carbocycles. The van der Waals surface area contributed by atoms with Crippen molar-refractivity contribution in [1.82, 2.24) is 9.97 Å². The number of aryl methyl sites for hydroxylation is 2. The molecule has 2 nitrogen and oxygen atoms in total. The van der Waals surface area contributed by atoms with Crippen molar-refractivity contribution in [2.45, 2.75) is 40.5 Å². The molecular weight excluding hydrogens is 641 g/mol. The summed E-state index contributed by atoms with van der Waals surface area (Å²) in [6.07, 6.45) is 5.86. The first kappa shape index (κ1) is 29.2. The van der Waals surface area contributed by atoms with Crippen molar-refractivity contribution in [1.29, 1.82) is 0 Å². The van der Waals surface area contributed by atoms with E-state index in [9.17, 15) is 0 Å². The van der Waals surface area contributed by atoms with Crippen molar-refractivity contribution in [3.8, 4) is 22.5 Å².